The molecule has 0 saturated heterocycles. The molecule has 0 nitrogen and oxygen atoms in total. The summed E-state index contributed by atoms with van der Waals surface area (Å²) in [5, 5.41) is 4.30. The zero-order valence-electron chi connectivity index (χ0n) is 6.84. The van der Waals surface area contributed by atoms with Gasteiger partial charge >= 0.3 is 0 Å². The molecule has 0 radical (unpaired) electrons. The Kier molecular flexibility index (Phi) is 4.09. The lowest BCUT2D eigenvalue weighted by molar-refractivity contribution is 1.23. The molecule has 0 aliphatic heterocycles. The second-order valence-corrected chi connectivity index (χ2v) is 8.20. The maximum Gasteiger partial charge on any atom is 0.0757 e. The van der Waals surface area contributed by atoms with Crippen molar-refractivity contribution in [2.45, 2.75) is 4.83 Å². The molecule has 0 spiro atoms. The first-order valence-electron chi connectivity index (χ1n) is 3.79. The van der Waals surface area contributed by atoms with Gasteiger partial charge in [-0.2, -0.15) is 0 Å². The molecule has 74 valence electrons. The highest BCUT2D eigenvalue weighted by Crippen LogP contribution is 2.40. The van der Waals surface area contributed by atoms with Crippen molar-refractivity contribution >= 4 is 77.1 Å². The first-order chi connectivity index (χ1) is 6.68. The first-order valence-corrected chi connectivity index (χ1v) is 8.34. The molecule has 0 fully saturated rings. The molecule has 0 aliphatic carbocycles. The third-order valence-electron chi connectivity index (χ3n) is 1.76. The Bertz CT molecular complexity index is 435. The van der Waals surface area contributed by atoms with Gasteiger partial charge in [0.05, 0.1) is 7.71 Å². The molecular weight excluding hydrogens is 459 g/mol. The van der Waals surface area contributed by atoms with E-state index in [0.29, 0.717) is 4.83 Å². The summed E-state index contributed by atoms with van der Waals surface area (Å²) in [5.74, 6) is 0. The topological polar surface area (TPSA) is 0 Å². The van der Waals surface area contributed by atoms with E-state index in [0.717, 1.165) is 0 Å². The molecule has 2 heterocycles. The summed E-state index contributed by atoms with van der Waals surface area (Å²) in [4.78, 5) is 1.65. The lowest BCUT2D eigenvalue weighted by atomic mass is 10.2. The van der Waals surface area contributed by atoms with E-state index in [4.69, 9.17) is 0 Å². The third-order valence-corrected chi connectivity index (χ3v) is 6.79. The number of thiophene rings is 2. The van der Waals surface area contributed by atoms with Crippen LogP contribution in [0.15, 0.2) is 27.4 Å². The lowest BCUT2D eigenvalue weighted by Gasteiger charge is -2.05. The van der Waals surface area contributed by atoms with Crippen LogP contribution in [0.3, 0.4) is 0 Å². The van der Waals surface area contributed by atoms with E-state index >= 15 is 0 Å². The van der Waals surface area contributed by atoms with Crippen molar-refractivity contribution in [3.8, 4) is 0 Å². The minimum Gasteiger partial charge on any atom is -0.146 e. The van der Waals surface area contributed by atoms with Crippen LogP contribution in [-0.4, -0.2) is 0 Å². The van der Waals surface area contributed by atoms with Crippen LogP contribution in [0.4, 0.5) is 0 Å². The maximum absolute atomic E-state index is 3.72. The summed E-state index contributed by atoms with van der Waals surface area (Å²) >= 11 is 13.2. The van der Waals surface area contributed by atoms with Gasteiger partial charge in [0.1, 0.15) is 0 Å². The summed E-state index contributed by atoms with van der Waals surface area (Å²) in [5.41, 5.74) is 1.34. The number of hydrogen-bond donors (Lipinski definition) is 0. The zero-order valence-corrected chi connectivity index (χ0v) is 13.8. The number of halogens is 3. The van der Waals surface area contributed by atoms with Crippen LogP contribution in [0.5, 0.6) is 0 Å². The van der Waals surface area contributed by atoms with Crippen LogP contribution in [0, 0.1) is 2.88 Å². The van der Waals surface area contributed by atoms with Crippen molar-refractivity contribution in [3.63, 3.8) is 0 Å². The average molecular weight is 464 g/mol. The Morgan fingerprint density at radius 1 is 1.36 bits per heavy atom. The number of hydrogen-bond acceptors (Lipinski definition) is 2. The predicted octanol–water partition coefficient (Wildman–Crippen LogP) is 5.66. The van der Waals surface area contributed by atoms with Gasteiger partial charge in [0, 0.05) is 9.35 Å². The van der Waals surface area contributed by atoms with Crippen LogP contribution < -0.4 is 0 Å². The fraction of sp³-hybridized carbons (Fsp3) is 0.111. The summed E-state index contributed by atoms with van der Waals surface area (Å²) in [7, 11) is 0. The van der Waals surface area contributed by atoms with Crippen LogP contribution in [-0.2, 0) is 0 Å². The molecule has 2 rings (SSSR count). The Labute approximate surface area is 121 Å². The Balaban J connectivity index is 2.33. The van der Waals surface area contributed by atoms with Crippen LogP contribution >= 0.6 is 77.1 Å². The monoisotopic (exact) mass is 462 g/mol. The predicted molar refractivity (Wildman–Crippen MR) is 79.8 cm³/mol. The molecule has 14 heavy (non-hydrogen) atoms. The van der Waals surface area contributed by atoms with Crippen molar-refractivity contribution in [2.75, 3.05) is 0 Å². The Hall–Kier alpha value is 1.09. The first kappa shape index (κ1) is 11.6. The van der Waals surface area contributed by atoms with Crippen LogP contribution in [0.2, 0.25) is 0 Å². The van der Waals surface area contributed by atoms with E-state index in [1.165, 1.54) is 17.8 Å². The standard InChI is InChI=1S/C9H5Br2IS2/c10-6-1-2-13-9(6)8(11)5-3-7(12)14-4-5/h1-4,8H. The van der Waals surface area contributed by atoms with E-state index in [2.05, 4.69) is 77.3 Å². The normalized spacial score (nSPS) is 13.1. The maximum atomic E-state index is 3.72. The highest BCUT2D eigenvalue weighted by atomic mass is 127. The Morgan fingerprint density at radius 3 is 2.64 bits per heavy atom. The van der Waals surface area contributed by atoms with E-state index in [9.17, 15) is 0 Å². The van der Waals surface area contributed by atoms with Gasteiger partial charge in [-0.05, 0) is 67.0 Å². The van der Waals surface area contributed by atoms with E-state index in [-0.39, 0.29) is 0 Å². The second kappa shape index (κ2) is 4.95. The minimum absolute atomic E-state index is 0.316. The van der Waals surface area contributed by atoms with Gasteiger partial charge in [-0.3, -0.25) is 0 Å². The SMILES string of the molecule is Brc1ccsc1C(Br)c1csc(I)c1. The molecular formula is C9H5Br2IS2. The molecule has 2 aromatic heterocycles. The van der Waals surface area contributed by atoms with Crippen molar-refractivity contribution in [3.05, 3.63) is 40.7 Å². The van der Waals surface area contributed by atoms with Gasteiger partial charge in [0.15, 0.2) is 0 Å². The smallest absolute Gasteiger partial charge is 0.0757 e. The van der Waals surface area contributed by atoms with Crippen molar-refractivity contribution < 1.29 is 0 Å². The Morgan fingerprint density at radius 2 is 2.14 bits per heavy atom. The highest BCUT2D eigenvalue weighted by Gasteiger charge is 2.15. The lowest BCUT2D eigenvalue weighted by Crippen LogP contribution is -1.86. The zero-order chi connectivity index (χ0) is 10.1. The molecule has 0 saturated carbocycles. The molecule has 0 N–H and O–H groups in total. The van der Waals surface area contributed by atoms with Crippen molar-refractivity contribution in [2.24, 2.45) is 0 Å². The molecule has 0 aliphatic rings. The largest absolute Gasteiger partial charge is 0.146 e. The van der Waals surface area contributed by atoms with E-state index in [1.54, 1.807) is 22.7 Å². The van der Waals surface area contributed by atoms with Crippen molar-refractivity contribution in [1.82, 2.24) is 0 Å². The summed E-state index contributed by atoms with van der Waals surface area (Å²) < 4.78 is 2.51. The molecule has 1 unspecified atom stereocenters. The summed E-state index contributed by atoms with van der Waals surface area (Å²) in [6, 6.07) is 4.31. The highest BCUT2D eigenvalue weighted by molar-refractivity contribution is 14.1. The van der Waals surface area contributed by atoms with Gasteiger partial charge in [0.25, 0.3) is 0 Å². The van der Waals surface area contributed by atoms with Gasteiger partial charge in [-0.1, -0.05) is 15.9 Å². The van der Waals surface area contributed by atoms with Crippen molar-refractivity contribution in [1.29, 1.82) is 0 Å². The quantitative estimate of drug-likeness (QED) is 0.398. The molecule has 0 bridgehead atoms. The molecule has 0 amide bonds. The van der Waals surface area contributed by atoms with Crippen LogP contribution in [0.1, 0.15) is 15.3 Å². The van der Waals surface area contributed by atoms with Gasteiger partial charge in [-0.25, -0.2) is 0 Å². The minimum atomic E-state index is 0.316. The number of alkyl halides is 1. The molecule has 2 aromatic rings. The fourth-order valence-corrected chi connectivity index (χ4v) is 5.41. The van der Waals surface area contributed by atoms with Gasteiger partial charge in [0.2, 0.25) is 0 Å². The third kappa shape index (κ3) is 2.42. The summed E-state index contributed by atoms with van der Waals surface area (Å²) in [6.45, 7) is 0. The fourth-order valence-electron chi connectivity index (χ4n) is 1.09. The molecule has 1 atom stereocenters. The van der Waals surface area contributed by atoms with E-state index in [1.807, 2.05) is 0 Å². The van der Waals surface area contributed by atoms with Crippen LogP contribution in [0.25, 0.3) is 0 Å². The summed E-state index contributed by atoms with van der Waals surface area (Å²) in [6.07, 6.45) is 0. The molecule has 0 aromatic carbocycles. The van der Waals surface area contributed by atoms with E-state index < -0.39 is 0 Å². The average Bonchev–Trinajstić information content (AvgIpc) is 2.73. The van der Waals surface area contributed by atoms with Gasteiger partial charge in [-0.15, -0.1) is 22.7 Å². The second-order valence-electron chi connectivity index (χ2n) is 2.68. The number of rotatable bonds is 2. The van der Waals surface area contributed by atoms with Gasteiger partial charge < -0.3 is 0 Å². The molecule has 5 heteroatoms.